The first kappa shape index (κ1) is 10.1. The van der Waals surface area contributed by atoms with Crippen molar-refractivity contribution in [2.75, 3.05) is 5.73 Å². The summed E-state index contributed by atoms with van der Waals surface area (Å²) in [5.41, 5.74) is 8.11. The van der Waals surface area contributed by atoms with Gasteiger partial charge in [0.05, 0.1) is 0 Å². The minimum absolute atomic E-state index is 0.571. The summed E-state index contributed by atoms with van der Waals surface area (Å²) in [6.45, 7) is 6.73. The molecular formula is C12H19N. The molecule has 0 aliphatic carbocycles. The molecule has 0 aliphatic heterocycles. The van der Waals surface area contributed by atoms with Gasteiger partial charge in [-0.15, -0.1) is 0 Å². The largest absolute Gasteiger partial charge is 0.398 e. The Morgan fingerprint density at radius 1 is 1.15 bits per heavy atom. The predicted molar refractivity (Wildman–Crippen MR) is 58.7 cm³/mol. The second-order valence-corrected chi connectivity index (χ2v) is 4.16. The van der Waals surface area contributed by atoms with Gasteiger partial charge < -0.3 is 5.73 Å². The SMILES string of the molecule is CC(C)C[C@H](C)c1ccccc1N. The zero-order valence-corrected chi connectivity index (χ0v) is 8.75. The molecule has 1 aromatic rings. The molecular weight excluding hydrogens is 158 g/mol. The molecule has 1 atom stereocenters. The van der Waals surface area contributed by atoms with Crippen molar-refractivity contribution in [1.29, 1.82) is 0 Å². The summed E-state index contributed by atoms with van der Waals surface area (Å²) >= 11 is 0. The highest BCUT2D eigenvalue weighted by molar-refractivity contribution is 5.48. The first-order valence-electron chi connectivity index (χ1n) is 4.95. The van der Waals surface area contributed by atoms with E-state index in [-0.39, 0.29) is 0 Å². The smallest absolute Gasteiger partial charge is 0.0349 e. The van der Waals surface area contributed by atoms with Crippen LogP contribution in [0.2, 0.25) is 0 Å². The quantitative estimate of drug-likeness (QED) is 0.703. The van der Waals surface area contributed by atoms with E-state index in [0.29, 0.717) is 5.92 Å². The molecule has 72 valence electrons. The van der Waals surface area contributed by atoms with E-state index in [0.717, 1.165) is 11.6 Å². The standard InChI is InChI=1S/C12H19N/c1-9(2)8-10(3)11-6-4-5-7-12(11)13/h4-7,9-10H,8,13H2,1-3H3/t10-/m0/s1. The number of nitrogen functional groups attached to an aromatic ring is 1. The van der Waals surface area contributed by atoms with Crippen LogP contribution in [0.3, 0.4) is 0 Å². The maximum Gasteiger partial charge on any atom is 0.0349 e. The molecule has 0 bridgehead atoms. The fourth-order valence-corrected chi connectivity index (χ4v) is 1.79. The van der Waals surface area contributed by atoms with Crippen LogP contribution in [-0.2, 0) is 0 Å². The molecule has 0 aliphatic rings. The van der Waals surface area contributed by atoms with Crippen LogP contribution in [0.5, 0.6) is 0 Å². The number of hydrogen-bond acceptors (Lipinski definition) is 1. The van der Waals surface area contributed by atoms with Gasteiger partial charge in [-0.3, -0.25) is 0 Å². The maximum absolute atomic E-state index is 5.90. The molecule has 13 heavy (non-hydrogen) atoms. The second kappa shape index (κ2) is 4.31. The Bertz CT molecular complexity index is 266. The molecule has 0 radical (unpaired) electrons. The summed E-state index contributed by atoms with van der Waals surface area (Å²) in [4.78, 5) is 0. The molecule has 0 unspecified atom stereocenters. The number of para-hydroxylation sites is 1. The Balaban J connectivity index is 2.76. The van der Waals surface area contributed by atoms with E-state index in [4.69, 9.17) is 5.73 Å². The van der Waals surface area contributed by atoms with E-state index >= 15 is 0 Å². The Labute approximate surface area is 81.0 Å². The van der Waals surface area contributed by atoms with Crippen molar-refractivity contribution >= 4 is 5.69 Å². The normalized spacial score (nSPS) is 13.2. The maximum atomic E-state index is 5.90. The highest BCUT2D eigenvalue weighted by Gasteiger charge is 2.09. The van der Waals surface area contributed by atoms with Gasteiger partial charge in [0, 0.05) is 5.69 Å². The lowest BCUT2D eigenvalue weighted by Gasteiger charge is -2.16. The van der Waals surface area contributed by atoms with E-state index in [9.17, 15) is 0 Å². The molecule has 2 N–H and O–H groups in total. The third-order valence-corrected chi connectivity index (χ3v) is 2.35. The van der Waals surface area contributed by atoms with E-state index in [1.165, 1.54) is 12.0 Å². The zero-order chi connectivity index (χ0) is 9.84. The van der Waals surface area contributed by atoms with E-state index in [2.05, 4.69) is 32.9 Å². The van der Waals surface area contributed by atoms with Gasteiger partial charge in [-0.25, -0.2) is 0 Å². The molecule has 0 saturated heterocycles. The number of anilines is 1. The minimum atomic E-state index is 0.571. The first-order valence-corrected chi connectivity index (χ1v) is 4.95. The lowest BCUT2D eigenvalue weighted by Crippen LogP contribution is -2.02. The van der Waals surface area contributed by atoms with Crippen LogP contribution in [0, 0.1) is 5.92 Å². The highest BCUT2D eigenvalue weighted by atomic mass is 14.6. The Morgan fingerprint density at radius 3 is 2.31 bits per heavy atom. The van der Waals surface area contributed by atoms with Gasteiger partial charge in [0.25, 0.3) is 0 Å². The van der Waals surface area contributed by atoms with Crippen molar-refractivity contribution < 1.29 is 0 Å². The summed E-state index contributed by atoms with van der Waals surface area (Å²) in [7, 11) is 0. The molecule has 1 aromatic carbocycles. The fraction of sp³-hybridized carbons (Fsp3) is 0.500. The van der Waals surface area contributed by atoms with E-state index < -0.39 is 0 Å². The molecule has 0 heterocycles. The molecule has 1 heteroatoms. The molecule has 1 nitrogen and oxygen atoms in total. The second-order valence-electron chi connectivity index (χ2n) is 4.16. The average molecular weight is 177 g/mol. The van der Waals surface area contributed by atoms with Crippen LogP contribution in [0.25, 0.3) is 0 Å². The topological polar surface area (TPSA) is 26.0 Å². The Hall–Kier alpha value is -0.980. The monoisotopic (exact) mass is 177 g/mol. The predicted octanol–water partition coefficient (Wildman–Crippen LogP) is 3.42. The van der Waals surface area contributed by atoms with Gasteiger partial charge in [0.15, 0.2) is 0 Å². The van der Waals surface area contributed by atoms with Crippen molar-refractivity contribution in [2.24, 2.45) is 5.92 Å². The summed E-state index contributed by atoms with van der Waals surface area (Å²) in [5.74, 6) is 1.30. The van der Waals surface area contributed by atoms with Crippen LogP contribution in [-0.4, -0.2) is 0 Å². The highest BCUT2D eigenvalue weighted by Crippen LogP contribution is 2.27. The van der Waals surface area contributed by atoms with Gasteiger partial charge in [-0.05, 0) is 29.9 Å². The molecule has 0 aromatic heterocycles. The van der Waals surface area contributed by atoms with Gasteiger partial charge >= 0.3 is 0 Å². The Kier molecular flexibility index (Phi) is 3.35. The number of benzene rings is 1. The zero-order valence-electron chi connectivity index (χ0n) is 8.75. The van der Waals surface area contributed by atoms with E-state index in [1.807, 2.05) is 12.1 Å². The van der Waals surface area contributed by atoms with Crippen LogP contribution in [0.1, 0.15) is 38.7 Å². The fourth-order valence-electron chi connectivity index (χ4n) is 1.79. The van der Waals surface area contributed by atoms with Crippen LogP contribution in [0.4, 0.5) is 5.69 Å². The van der Waals surface area contributed by atoms with Crippen molar-refractivity contribution in [3.05, 3.63) is 29.8 Å². The number of rotatable bonds is 3. The summed E-state index contributed by atoms with van der Waals surface area (Å²) < 4.78 is 0. The van der Waals surface area contributed by atoms with Gasteiger partial charge in [0.2, 0.25) is 0 Å². The number of nitrogens with two attached hydrogens (primary N) is 1. The lowest BCUT2D eigenvalue weighted by molar-refractivity contribution is 0.524. The lowest BCUT2D eigenvalue weighted by atomic mass is 9.91. The first-order chi connectivity index (χ1) is 6.11. The average Bonchev–Trinajstić information content (AvgIpc) is 2.03. The molecule has 0 spiro atoms. The number of hydrogen-bond donors (Lipinski definition) is 1. The minimum Gasteiger partial charge on any atom is -0.398 e. The molecule has 0 saturated carbocycles. The van der Waals surface area contributed by atoms with Crippen molar-refractivity contribution in [3.8, 4) is 0 Å². The van der Waals surface area contributed by atoms with E-state index in [1.54, 1.807) is 0 Å². The third-order valence-electron chi connectivity index (χ3n) is 2.35. The Morgan fingerprint density at radius 2 is 1.77 bits per heavy atom. The molecule has 0 fully saturated rings. The van der Waals surface area contributed by atoms with Crippen molar-refractivity contribution in [1.82, 2.24) is 0 Å². The molecule has 1 rings (SSSR count). The van der Waals surface area contributed by atoms with Gasteiger partial charge in [-0.2, -0.15) is 0 Å². The van der Waals surface area contributed by atoms with Crippen LogP contribution in [0.15, 0.2) is 24.3 Å². The van der Waals surface area contributed by atoms with Crippen LogP contribution >= 0.6 is 0 Å². The molecule has 0 amide bonds. The van der Waals surface area contributed by atoms with Crippen LogP contribution < -0.4 is 5.73 Å². The van der Waals surface area contributed by atoms with Gasteiger partial charge in [-0.1, -0.05) is 39.0 Å². The summed E-state index contributed by atoms with van der Waals surface area (Å²) in [5, 5.41) is 0. The van der Waals surface area contributed by atoms with Crippen molar-refractivity contribution in [2.45, 2.75) is 33.1 Å². The summed E-state index contributed by atoms with van der Waals surface area (Å²) in [6.07, 6.45) is 1.20. The van der Waals surface area contributed by atoms with Crippen molar-refractivity contribution in [3.63, 3.8) is 0 Å². The summed E-state index contributed by atoms with van der Waals surface area (Å²) in [6, 6.07) is 8.15. The third kappa shape index (κ3) is 2.76. The van der Waals surface area contributed by atoms with Gasteiger partial charge in [0.1, 0.15) is 0 Å².